The van der Waals surface area contributed by atoms with E-state index in [0.717, 1.165) is 25.0 Å². The lowest BCUT2D eigenvalue weighted by Gasteiger charge is -2.22. The van der Waals surface area contributed by atoms with Crippen LogP contribution in [0.3, 0.4) is 0 Å². The zero-order chi connectivity index (χ0) is 12.3. The largest absolute Gasteiger partial charge is 0.487 e. The molecule has 1 aliphatic rings. The lowest BCUT2D eigenvalue weighted by molar-refractivity contribution is 0.0485. The molecule has 5 heteroatoms. The number of ether oxygens (including phenoxy) is 2. The second-order valence-corrected chi connectivity index (χ2v) is 4.18. The number of anilines is 1. The van der Waals surface area contributed by atoms with Gasteiger partial charge < -0.3 is 15.2 Å². The van der Waals surface area contributed by atoms with Gasteiger partial charge in [-0.05, 0) is 18.8 Å². The molecule has 17 heavy (non-hydrogen) atoms. The van der Waals surface area contributed by atoms with Crippen LogP contribution in [0.15, 0.2) is 12.1 Å². The highest BCUT2D eigenvalue weighted by molar-refractivity contribution is 5.44. The van der Waals surface area contributed by atoms with Crippen LogP contribution >= 0.6 is 0 Å². The van der Waals surface area contributed by atoms with Gasteiger partial charge in [0.05, 0.1) is 6.61 Å². The summed E-state index contributed by atoms with van der Waals surface area (Å²) in [6.07, 6.45) is 1.72. The zero-order valence-corrected chi connectivity index (χ0v) is 9.42. The third kappa shape index (κ3) is 3.06. The Bertz CT molecular complexity index is 369. The number of nitrogen functional groups attached to an aromatic ring is 1. The van der Waals surface area contributed by atoms with Gasteiger partial charge in [0.2, 0.25) is 0 Å². The van der Waals surface area contributed by atoms with E-state index in [1.165, 1.54) is 0 Å². The van der Waals surface area contributed by atoms with Gasteiger partial charge in [-0.2, -0.15) is 0 Å². The first kappa shape index (κ1) is 12.1. The van der Waals surface area contributed by atoms with Crippen LogP contribution in [0.4, 0.5) is 14.5 Å². The molecule has 1 aromatic rings. The van der Waals surface area contributed by atoms with Crippen molar-refractivity contribution < 1.29 is 18.3 Å². The number of hydrogen-bond acceptors (Lipinski definition) is 3. The van der Waals surface area contributed by atoms with Crippen LogP contribution in [0.5, 0.6) is 5.75 Å². The van der Waals surface area contributed by atoms with Crippen LogP contribution in [0.1, 0.15) is 12.8 Å². The van der Waals surface area contributed by atoms with E-state index in [1.54, 1.807) is 0 Å². The van der Waals surface area contributed by atoms with E-state index in [4.69, 9.17) is 15.2 Å². The molecule has 0 atom stereocenters. The summed E-state index contributed by atoms with van der Waals surface area (Å²) in [5, 5.41) is 0. The van der Waals surface area contributed by atoms with Crippen LogP contribution in [-0.2, 0) is 4.74 Å². The van der Waals surface area contributed by atoms with E-state index in [2.05, 4.69) is 0 Å². The third-order valence-corrected chi connectivity index (χ3v) is 2.82. The summed E-state index contributed by atoms with van der Waals surface area (Å²) < 4.78 is 37.2. The molecular formula is C12H15F2NO2. The Morgan fingerprint density at radius 2 is 1.82 bits per heavy atom. The molecule has 2 rings (SSSR count). The molecule has 2 N–H and O–H groups in total. The van der Waals surface area contributed by atoms with E-state index in [1.807, 2.05) is 0 Å². The minimum atomic E-state index is -0.755. The topological polar surface area (TPSA) is 44.5 Å². The first-order valence-electron chi connectivity index (χ1n) is 5.62. The molecule has 1 saturated heterocycles. The Balaban J connectivity index is 1.98. The zero-order valence-electron chi connectivity index (χ0n) is 9.42. The van der Waals surface area contributed by atoms with Crippen molar-refractivity contribution in [3.8, 4) is 5.75 Å². The Labute approximate surface area is 98.5 Å². The Morgan fingerprint density at radius 3 is 2.41 bits per heavy atom. The molecule has 0 radical (unpaired) electrons. The van der Waals surface area contributed by atoms with E-state index in [-0.39, 0.29) is 11.4 Å². The first-order valence-corrected chi connectivity index (χ1v) is 5.62. The summed E-state index contributed by atoms with van der Waals surface area (Å²) in [5.74, 6) is -1.56. The van der Waals surface area contributed by atoms with Gasteiger partial charge in [-0.25, -0.2) is 8.78 Å². The smallest absolute Gasteiger partial charge is 0.190 e. The summed E-state index contributed by atoms with van der Waals surface area (Å²) in [4.78, 5) is 0. The fourth-order valence-electron chi connectivity index (χ4n) is 1.83. The number of halogens is 2. The maximum Gasteiger partial charge on any atom is 0.190 e. The molecular weight excluding hydrogens is 228 g/mol. The molecule has 0 unspecified atom stereocenters. The number of benzene rings is 1. The third-order valence-electron chi connectivity index (χ3n) is 2.82. The van der Waals surface area contributed by atoms with Crippen molar-refractivity contribution >= 4 is 5.69 Å². The van der Waals surface area contributed by atoms with E-state index >= 15 is 0 Å². The molecule has 94 valence electrons. The van der Waals surface area contributed by atoms with Crippen molar-refractivity contribution in [2.24, 2.45) is 5.92 Å². The normalized spacial score (nSPS) is 17.1. The van der Waals surface area contributed by atoms with Gasteiger partial charge in [0.1, 0.15) is 0 Å². The lowest BCUT2D eigenvalue weighted by atomic mass is 10.0. The van der Waals surface area contributed by atoms with E-state index in [0.29, 0.717) is 25.7 Å². The number of hydrogen-bond donors (Lipinski definition) is 1. The summed E-state index contributed by atoms with van der Waals surface area (Å²) >= 11 is 0. The van der Waals surface area contributed by atoms with Crippen molar-refractivity contribution in [3.05, 3.63) is 23.8 Å². The van der Waals surface area contributed by atoms with Crippen molar-refractivity contribution in [2.45, 2.75) is 12.8 Å². The molecule has 0 aliphatic carbocycles. The Kier molecular flexibility index (Phi) is 3.78. The monoisotopic (exact) mass is 243 g/mol. The van der Waals surface area contributed by atoms with Crippen LogP contribution in [0.25, 0.3) is 0 Å². The highest BCUT2D eigenvalue weighted by atomic mass is 19.1. The van der Waals surface area contributed by atoms with Crippen LogP contribution in [-0.4, -0.2) is 19.8 Å². The van der Waals surface area contributed by atoms with Crippen molar-refractivity contribution in [1.29, 1.82) is 0 Å². The quantitative estimate of drug-likeness (QED) is 0.829. The lowest BCUT2D eigenvalue weighted by Crippen LogP contribution is -2.22. The predicted octanol–water partition coefficient (Wildman–Crippen LogP) is 2.35. The summed E-state index contributed by atoms with van der Waals surface area (Å²) in [6, 6.07) is 2.12. The molecule has 0 spiro atoms. The van der Waals surface area contributed by atoms with Gasteiger partial charge in [0.25, 0.3) is 0 Å². The molecule has 0 amide bonds. The Hall–Kier alpha value is -1.36. The molecule has 1 heterocycles. The molecule has 1 aliphatic heterocycles. The van der Waals surface area contributed by atoms with E-state index < -0.39 is 11.6 Å². The summed E-state index contributed by atoms with van der Waals surface area (Å²) in [7, 11) is 0. The van der Waals surface area contributed by atoms with Crippen LogP contribution < -0.4 is 10.5 Å². The first-order chi connectivity index (χ1) is 8.16. The average molecular weight is 243 g/mol. The van der Waals surface area contributed by atoms with Crippen LogP contribution in [0.2, 0.25) is 0 Å². The van der Waals surface area contributed by atoms with Gasteiger partial charge >= 0.3 is 0 Å². The molecule has 1 fully saturated rings. The number of nitrogens with two attached hydrogens (primary N) is 1. The maximum atomic E-state index is 13.4. The SMILES string of the molecule is Nc1cc(F)c(OCC2CCOCC2)c(F)c1. The van der Waals surface area contributed by atoms with Crippen molar-refractivity contribution in [2.75, 3.05) is 25.6 Å². The van der Waals surface area contributed by atoms with Crippen LogP contribution in [0, 0.1) is 17.6 Å². The standard InChI is InChI=1S/C12H15F2NO2/c13-10-5-9(15)6-11(14)12(10)17-7-8-1-3-16-4-2-8/h5-6,8H,1-4,7,15H2. The number of rotatable bonds is 3. The molecule has 1 aromatic carbocycles. The minimum Gasteiger partial charge on any atom is -0.487 e. The average Bonchev–Trinajstić information content (AvgIpc) is 2.29. The van der Waals surface area contributed by atoms with Gasteiger partial charge in [-0.15, -0.1) is 0 Å². The molecule has 3 nitrogen and oxygen atoms in total. The summed E-state index contributed by atoms with van der Waals surface area (Å²) in [5.41, 5.74) is 5.37. The van der Waals surface area contributed by atoms with Crippen molar-refractivity contribution in [3.63, 3.8) is 0 Å². The summed E-state index contributed by atoms with van der Waals surface area (Å²) in [6.45, 7) is 1.67. The maximum absolute atomic E-state index is 13.4. The predicted molar refractivity (Wildman–Crippen MR) is 59.8 cm³/mol. The Morgan fingerprint density at radius 1 is 1.24 bits per heavy atom. The van der Waals surface area contributed by atoms with Crippen molar-refractivity contribution in [1.82, 2.24) is 0 Å². The van der Waals surface area contributed by atoms with Gasteiger partial charge in [-0.3, -0.25) is 0 Å². The van der Waals surface area contributed by atoms with Gasteiger partial charge in [0, 0.05) is 31.0 Å². The second kappa shape index (κ2) is 5.31. The minimum absolute atomic E-state index is 0.0541. The molecule has 0 saturated carbocycles. The van der Waals surface area contributed by atoms with E-state index in [9.17, 15) is 8.78 Å². The fraction of sp³-hybridized carbons (Fsp3) is 0.500. The highest BCUT2D eigenvalue weighted by Crippen LogP contribution is 2.26. The second-order valence-electron chi connectivity index (χ2n) is 4.18. The fourth-order valence-corrected chi connectivity index (χ4v) is 1.83. The molecule has 0 aromatic heterocycles. The van der Waals surface area contributed by atoms with Gasteiger partial charge in [-0.1, -0.05) is 0 Å². The molecule has 0 bridgehead atoms. The highest BCUT2D eigenvalue weighted by Gasteiger charge is 2.17. The van der Waals surface area contributed by atoms with Gasteiger partial charge in [0.15, 0.2) is 17.4 Å².